The first kappa shape index (κ1) is 59.3. The lowest BCUT2D eigenvalue weighted by Crippen LogP contribution is -2.55. The van der Waals surface area contributed by atoms with E-state index in [9.17, 15) is 19.5 Å². The number of carboxylic acids is 1. The molecule has 0 aliphatic rings. The molecule has 0 aromatic heterocycles. The maximum atomic E-state index is 12.8. The molecule has 0 aliphatic heterocycles. The molecular weight excluding hydrogens is 763 g/mol. The van der Waals surface area contributed by atoms with Gasteiger partial charge < -0.3 is 28.6 Å². The molecule has 8 heteroatoms. The first-order valence-corrected chi connectivity index (χ1v) is 26.6. The molecule has 0 N–H and O–H groups in total. The Kier molecular flexibility index (Phi) is 43.7. The second-order valence-electron chi connectivity index (χ2n) is 19.5. The van der Waals surface area contributed by atoms with Gasteiger partial charge in [-0.25, -0.2) is 0 Å². The monoisotopic (exact) mass is 866 g/mol. The Morgan fingerprint density at radius 3 is 1.02 bits per heavy atom. The summed E-state index contributed by atoms with van der Waals surface area (Å²) in [6.07, 6.45) is 48.5. The number of aliphatic carboxylic acids is 1. The normalized spacial score (nSPS) is 12.7. The van der Waals surface area contributed by atoms with E-state index in [0.717, 1.165) is 38.5 Å². The Labute approximate surface area is 378 Å². The maximum absolute atomic E-state index is 12.8. The second-order valence-corrected chi connectivity index (χ2v) is 19.5. The van der Waals surface area contributed by atoms with Gasteiger partial charge in [0.05, 0.1) is 40.3 Å². The molecule has 8 nitrogen and oxygen atoms in total. The number of ether oxygens (including phenoxy) is 3. The number of unbranched alkanes of at least 4 members (excludes halogenated alkanes) is 35. The van der Waals surface area contributed by atoms with Crippen LogP contribution in [0.3, 0.4) is 0 Å². The quantitative estimate of drug-likeness (QED) is 0.0341. The number of carbonyl (C=O) groups is 3. The SMILES string of the molecule is CCCCCCCCCCCCCCCCCCCCCCCCCC(=O)OC(COCCC(C(=O)[O-])[N+](C)(C)C)COC(=O)CCCCCCCCCCCCCCCC. The summed E-state index contributed by atoms with van der Waals surface area (Å²) in [4.78, 5) is 37.0. The minimum absolute atomic E-state index is 0.0498. The lowest BCUT2D eigenvalue weighted by atomic mass is 10.0. The van der Waals surface area contributed by atoms with Gasteiger partial charge in [-0.05, 0) is 12.8 Å². The largest absolute Gasteiger partial charge is 0.544 e. The van der Waals surface area contributed by atoms with Crippen molar-refractivity contribution in [2.75, 3.05) is 41.0 Å². The van der Waals surface area contributed by atoms with Gasteiger partial charge in [-0.3, -0.25) is 9.59 Å². The van der Waals surface area contributed by atoms with Gasteiger partial charge in [-0.2, -0.15) is 0 Å². The zero-order valence-electron chi connectivity index (χ0n) is 41.4. The fourth-order valence-corrected chi connectivity index (χ4v) is 8.37. The van der Waals surface area contributed by atoms with Crippen molar-refractivity contribution in [2.24, 2.45) is 0 Å². The molecule has 362 valence electrons. The molecule has 0 saturated heterocycles. The smallest absolute Gasteiger partial charge is 0.306 e. The van der Waals surface area contributed by atoms with E-state index < -0.39 is 18.1 Å². The first-order chi connectivity index (χ1) is 29.6. The van der Waals surface area contributed by atoms with Crippen molar-refractivity contribution in [3.05, 3.63) is 0 Å². The molecule has 2 unspecified atom stereocenters. The highest BCUT2D eigenvalue weighted by atomic mass is 16.6. The van der Waals surface area contributed by atoms with Crippen LogP contribution in [0.15, 0.2) is 0 Å². The molecule has 0 radical (unpaired) electrons. The van der Waals surface area contributed by atoms with Crippen LogP contribution in [0.2, 0.25) is 0 Å². The molecule has 2 atom stereocenters. The molecule has 0 rings (SSSR count). The fraction of sp³-hybridized carbons (Fsp3) is 0.943. The van der Waals surface area contributed by atoms with Gasteiger partial charge in [0.1, 0.15) is 12.6 Å². The lowest BCUT2D eigenvalue weighted by molar-refractivity contribution is -0.889. The molecular formula is C53H103NO7. The van der Waals surface area contributed by atoms with Crippen molar-refractivity contribution in [3.8, 4) is 0 Å². The van der Waals surface area contributed by atoms with E-state index in [-0.39, 0.29) is 42.7 Å². The van der Waals surface area contributed by atoms with Gasteiger partial charge in [0, 0.05) is 19.3 Å². The molecule has 0 aromatic rings. The highest BCUT2D eigenvalue weighted by molar-refractivity contribution is 5.70. The Hall–Kier alpha value is -1.67. The highest BCUT2D eigenvalue weighted by Gasteiger charge is 2.25. The van der Waals surface area contributed by atoms with E-state index in [1.54, 1.807) is 0 Å². The van der Waals surface area contributed by atoms with Crippen LogP contribution in [0, 0.1) is 0 Å². The summed E-state index contributed by atoms with van der Waals surface area (Å²) in [7, 11) is 5.43. The number of carbonyl (C=O) groups excluding carboxylic acids is 3. The molecule has 0 spiro atoms. The Morgan fingerprint density at radius 2 is 0.721 bits per heavy atom. The number of hydrogen-bond acceptors (Lipinski definition) is 7. The van der Waals surface area contributed by atoms with Crippen molar-refractivity contribution in [1.82, 2.24) is 0 Å². The van der Waals surface area contributed by atoms with Crippen molar-refractivity contribution in [2.45, 2.75) is 283 Å². The minimum Gasteiger partial charge on any atom is -0.544 e. The topological polar surface area (TPSA) is 102 Å². The molecule has 0 aromatic carbocycles. The van der Waals surface area contributed by atoms with Gasteiger partial charge in [0.25, 0.3) is 0 Å². The maximum Gasteiger partial charge on any atom is 0.306 e. The van der Waals surface area contributed by atoms with Crippen molar-refractivity contribution in [3.63, 3.8) is 0 Å². The predicted octanol–water partition coefficient (Wildman–Crippen LogP) is 13.9. The van der Waals surface area contributed by atoms with E-state index in [1.807, 2.05) is 21.1 Å². The fourth-order valence-electron chi connectivity index (χ4n) is 8.37. The van der Waals surface area contributed by atoms with Crippen LogP contribution in [-0.2, 0) is 28.6 Å². The van der Waals surface area contributed by atoms with Gasteiger partial charge in [-0.1, -0.05) is 239 Å². The summed E-state index contributed by atoms with van der Waals surface area (Å²) >= 11 is 0. The molecule has 0 amide bonds. The summed E-state index contributed by atoms with van der Waals surface area (Å²) in [5.41, 5.74) is 0. The molecule has 0 aliphatic carbocycles. The second kappa shape index (κ2) is 44.9. The van der Waals surface area contributed by atoms with Crippen LogP contribution in [0.5, 0.6) is 0 Å². The summed E-state index contributed by atoms with van der Waals surface area (Å²) < 4.78 is 17.3. The van der Waals surface area contributed by atoms with Crippen LogP contribution < -0.4 is 5.11 Å². The van der Waals surface area contributed by atoms with Crippen LogP contribution in [0.4, 0.5) is 0 Å². The number of esters is 2. The minimum atomic E-state index is -1.12. The summed E-state index contributed by atoms with van der Waals surface area (Å²) in [5.74, 6) is -1.71. The summed E-state index contributed by atoms with van der Waals surface area (Å²) in [5, 5.41) is 11.7. The third-order valence-corrected chi connectivity index (χ3v) is 12.5. The van der Waals surface area contributed by atoms with E-state index >= 15 is 0 Å². The average molecular weight is 866 g/mol. The van der Waals surface area contributed by atoms with Crippen molar-refractivity contribution >= 4 is 17.9 Å². The molecule has 0 fully saturated rings. The standard InChI is InChI=1S/C53H103NO7/c1-6-8-10-12-14-16-18-20-22-23-24-25-26-27-28-29-30-32-34-36-38-40-42-44-52(56)61-49(47-59-46-45-50(53(57)58)54(3,4)5)48-60-51(55)43-41-39-37-35-33-31-21-19-17-15-13-11-9-7-2/h49-50H,6-48H2,1-5H3. The van der Waals surface area contributed by atoms with E-state index in [1.165, 1.54) is 199 Å². The number of nitrogens with zero attached hydrogens (tertiary/aromatic N) is 1. The number of hydrogen-bond donors (Lipinski definition) is 0. The zero-order valence-corrected chi connectivity index (χ0v) is 41.4. The van der Waals surface area contributed by atoms with E-state index in [0.29, 0.717) is 12.8 Å². The third-order valence-electron chi connectivity index (χ3n) is 12.5. The molecule has 0 heterocycles. The van der Waals surface area contributed by atoms with Gasteiger partial charge in [0.2, 0.25) is 0 Å². The average Bonchev–Trinajstić information content (AvgIpc) is 3.22. The Balaban J connectivity index is 4.13. The van der Waals surface area contributed by atoms with Crippen molar-refractivity contribution in [1.29, 1.82) is 0 Å². The predicted molar refractivity (Wildman–Crippen MR) is 255 cm³/mol. The highest BCUT2D eigenvalue weighted by Crippen LogP contribution is 2.17. The number of rotatable bonds is 49. The zero-order chi connectivity index (χ0) is 44.9. The number of likely N-dealkylation sites (N-methyl/N-ethyl adjacent to an activating group) is 1. The Morgan fingerprint density at radius 1 is 0.426 bits per heavy atom. The summed E-state index contributed by atoms with van der Waals surface area (Å²) in [6.45, 7) is 4.72. The first-order valence-electron chi connectivity index (χ1n) is 26.6. The van der Waals surface area contributed by atoms with Gasteiger partial charge >= 0.3 is 11.9 Å². The number of carboxylic acid groups (broad SMARTS) is 1. The molecule has 61 heavy (non-hydrogen) atoms. The lowest BCUT2D eigenvalue weighted by Gasteiger charge is -2.34. The van der Waals surface area contributed by atoms with E-state index in [2.05, 4.69) is 13.8 Å². The van der Waals surface area contributed by atoms with Gasteiger partial charge in [0.15, 0.2) is 6.10 Å². The van der Waals surface area contributed by atoms with Crippen LogP contribution in [0.1, 0.15) is 271 Å². The molecule has 0 saturated carbocycles. The Bertz CT molecular complexity index is 967. The number of quaternary nitrogens is 1. The van der Waals surface area contributed by atoms with Crippen LogP contribution in [-0.4, -0.2) is 75.5 Å². The third kappa shape index (κ3) is 43.4. The van der Waals surface area contributed by atoms with Crippen molar-refractivity contribution < 1.29 is 38.2 Å². The van der Waals surface area contributed by atoms with E-state index in [4.69, 9.17) is 14.2 Å². The molecule has 0 bridgehead atoms. The van der Waals surface area contributed by atoms with Crippen LogP contribution >= 0.6 is 0 Å². The summed E-state index contributed by atoms with van der Waals surface area (Å²) in [6, 6.07) is -0.720. The van der Waals surface area contributed by atoms with Gasteiger partial charge in [-0.15, -0.1) is 0 Å². The van der Waals surface area contributed by atoms with Crippen LogP contribution in [0.25, 0.3) is 0 Å².